The van der Waals surface area contributed by atoms with E-state index >= 15 is 0 Å². The molecule has 3 rings (SSSR count). The number of ketones is 1. The van der Waals surface area contributed by atoms with Crippen LogP contribution in [0.2, 0.25) is 0 Å². The molecule has 0 saturated heterocycles. The number of hydrogen-bond acceptors (Lipinski definition) is 5. The van der Waals surface area contributed by atoms with E-state index in [4.69, 9.17) is 0 Å². The van der Waals surface area contributed by atoms with Crippen LogP contribution in [-0.4, -0.2) is 21.7 Å². The Hall–Kier alpha value is -3.06. The average molecular weight is 326 g/mol. The molecule has 0 spiro atoms. The van der Waals surface area contributed by atoms with Gasteiger partial charge in [-0.25, -0.2) is 0 Å². The molecular weight excluding hydrogens is 312 g/mol. The first-order valence-electron chi connectivity index (χ1n) is 7.24. The number of para-hydroxylation sites is 1. The minimum atomic E-state index is -1.98. The number of nitro groups is 1. The van der Waals surface area contributed by atoms with Crippen LogP contribution in [0.15, 0.2) is 42.5 Å². The second-order valence-corrected chi connectivity index (χ2v) is 5.72. The van der Waals surface area contributed by atoms with Crippen LogP contribution in [-0.2, 0) is 10.4 Å². The minimum absolute atomic E-state index is 0.0755. The molecule has 0 aromatic heterocycles. The number of benzene rings is 2. The van der Waals surface area contributed by atoms with Gasteiger partial charge in [-0.05, 0) is 12.5 Å². The van der Waals surface area contributed by atoms with E-state index in [-0.39, 0.29) is 11.3 Å². The highest BCUT2D eigenvalue weighted by atomic mass is 16.6. The number of aryl methyl sites for hydroxylation is 1. The molecule has 2 N–H and O–H groups in total. The number of anilines is 1. The van der Waals surface area contributed by atoms with Gasteiger partial charge in [-0.15, -0.1) is 0 Å². The number of fused-ring (bicyclic) bond motifs is 1. The van der Waals surface area contributed by atoms with Gasteiger partial charge in [-0.2, -0.15) is 0 Å². The lowest BCUT2D eigenvalue weighted by Crippen LogP contribution is -2.36. The van der Waals surface area contributed by atoms with Gasteiger partial charge in [0, 0.05) is 23.3 Å². The smallest absolute Gasteiger partial charge is 0.270 e. The Bertz CT molecular complexity index is 877. The molecule has 7 heteroatoms. The summed E-state index contributed by atoms with van der Waals surface area (Å²) in [6.45, 7) is 1.78. The molecule has 1 aliphatic rings. The van der Waals surface area contributed by atoms with Crippen molar-refractivity contribution in [3.63, 3.8) is 0 Å². The van der Waals surface area contributed by atoms with Crippen molar-refractivity contribution in [3.05, 3.63) is 69.3 Å². The van der Waals surface area contributed by atoms with E-state index in [2.05, 4.69) is 5.32 Å². The molecule has 2 aromatic carbocycles. The average Bonchev–Trinajstić information content (AvgIpc) is 2.80. The molecule has 0 saturated carbocycles. The van der Waals surface area contributed by atoms with E-state index in [1.54, 1.807) is 25.1 Å². The van der Waals surface area contributed by atoms with Crippen molar-refractivity contribution < 1.29 is 19.6 Å². The summed E-state index contributed by atoms with van der Waals surface area (Å²) in [6.07, 6.45) is -0.490. The zero-order chi connectivity index (χ0) is 17.5. The maximum absolute atomic E-state index is 12.5. The predicted octanol–water partition coefficient (Wildman–Crippen LogP) is 2.32. The second kappa shape index (κ2) is 5.54. The highest BCUT2D eigenvalue weighted by Gasteiger charge is 2.47. The Morgan fingerprint density at radius 1 is 1.29 bits per heavy atom. The molecule has 2 aromatic rings. The van der Waals surface area contributed by atoms with Gasteiger partial charge in [-0.1, -0.05) is 30.3 Å². The number of non-ortho nitro benzene ring substituents is 1. The molecule has 122 valence electrons. The highest BCUT2D eigenvalue weighted by molar-refractivity contribution is 6.10. The van der Waals surface area contributed by atoms with E-state index in [1.807, 2.05) is 0 Å². The summed E-state index contributed by atoms with van der Waals surface area (Å²) in [5.41, 5.74) is -0.516. The number of amides is 1. The quantitative estimate of drug-likeness (QED) is 0.509. The van der Waals surface area contributed by atoms with Crippen molar-refractivity contribution in [2.24, 2.45) is 0 Å². The van der Waals surface area contributed by atoms with Crippen LogP contribution in [0.25, 0.3) is 0 Å². The van der Waals surface area contributed by atoms with Gasteiger partial charge in [-0.3, -0.25) is 19.7 Å². The number of aliphatic hydroxyl groups is 1. The monoisotopic (exact) mass is 326 g/mol. The second-order valence-electron chi connectivity index (χ2n) is 5.72. The lowest BCUT2D eigenvalue weighted by atomic mass is 9.87. The predicted molar refractivity (Wildman–Crippen MR) is 85.7 cm³/mol. The number of hydrogen-bond donors (Lipinski definition) is 2. The molecular formula is C17H14N2O5. The molecule has 0 bridgehead atoms. The highest BCUT2D eigenvalue weighted by Crippen LogP contribution is 2.40. The van der Waals surface area contributed by atoms with Crippen molar-refractivity contribution in [1.29, 1.82) is 0 Å². The molecule has 1 heterocycles. The third-order valence-electron chi connectivity index (χ3n) is 4.13. The summed E-state index contributed by atoms with van der Waals surface area (Å²) in [5, 5.41) is 24.2. The Kier molecular flexibility index (Phi) is 3.65. The lowest BCUT2D eigenvalue weighted by Gasteiger charge is -2.20. The standard InChI is InChI=1S/C17H14N2O5/c1-10-4-2-7-13-15(10)18-16(21)17(13,22)9-14(20)11-5-3-6-12(8-11)19(23)24/h2-8,22H,9H2,1H3,(H,18,21)/t17-/m1/s1. The first-order chi connectivity index (χ1) is 11.3. The van der Waals surface area contributed by atoms with Crippen LogP contribution in [0.3, 0.4) is 0 Å². The number of rotatable bonds is 4. The van der Waals surface area contributed by atoms with Gasteiger partial charge in [0.15, 0.2) is 11.4 Å². The summed E-state index contributed by atoms with van der Waals surface area (Å²) in [7, 11) is 0. The molecule has 0 fully saturated rings. The van der Waals surface area contributed by atoms with Gasteiger partial charge < -0.3 is 10.4 Å². The normalized spacial score (nSPS) is 18.8. The van der Waals surface area contributed by atoms with Crippen molar-refractivity contribution in [2.75, 3.05) is 5.32 Å². The van der Waals surface area contributed by atoms with E-state index in [0.717, 1.165) is 11.6 Å². The van der Waals surface area contributed by atoms with Crippen LogP contribution in [0, 0.1) is 17.0 Å². The number of Topliss-reactive ketones (excluding diaryl/α,β-unsaturated/α-hetero) is 1. The summed E-state index contributed by atoms with van der Waals surface area (Å²) in [6, 6.07) is 10.3. The fourth-order valence-electron chi connectivity index (χ4n) is 2.82. The Morgan fingerprint density at radius 2 is 2.00 bits per heavy atom. The Morgan fingerprint density at radius 3 is 2.71 bits per heavy atom. The van der Waals surface area contributed by atoms with Crippen LogP contribution in [0.1, 0.15) is 27.9 Å². The van der Waals surface area contributed by atoms with E-state index in [1.165, 1.54) is 18.2 Å². The summed E-state index contributed by atoms with van der Waals surface area (Å²) < 4.78 is 0. The van der Waals surface area contributed by atoms with E-state index in [9.17, 15) is 24.8 Å². The number of nitrogens with zero attached hydrogens (tertiary/aromatic N) is 1. The largest absolute Gasteiger partial charge is 0.375 e. The molecule has 0 aliphatic carbocycles. The Labute approximate surface area is 137 Å². The van der Waals surface area contributed by atoms with Crippen molar-refractivity contribution in [3.8, 4) is 0 Å². The first-order valence-corrected chi connectivity index (χ1v) is 7.24. The minimum Gasteiger partial charge on any atom is -0.375 e. The van der Waals surface area contributed by atoms with Crippen LogP contribution < -0.4 is 5.32 Å². The van der Waals surface area contributed by atoms with Crippen molar-refractivity contribution in [2.45, 2.75) is 18.9 Å². The van der Waals surface area contributed by atoms with Gasteiger partial charge in [0.05, 0.1) is 17.0 Å². The number of carbonyl (C=O) groups is 2. The van der Waals surface area contributed by atoms with Crippen LogP contribution >= 0.6 is 0 Å². The SMILES string of the molecule is Cc1cccc2c1NC(=O)[C@@]2(O)CC(=O)c1cccc([N+](=O)[O-])c1. The maximum Gasteiger partial charge on any atom is 0.270 e. The van der Waals surface area contributed by atoms with Crippen molar-refractivity contribution >= 4 is 23.1 Å². The van der Waals surface area contributed by atoms with E-state index in [0.29, 0.717) is 11.3 Å². The zero-order valence-corrected chi connectivity index (χ0v) is 12.8. The summed E-state index contributed by atoms with van der Waals surface area (Å²) in [4.78, 5) is 34.9. The van der Waals surface area contributed by atoms with Gasteiger partial charge in [0.25, 0.3) is 11.6 Å². The fourth-order valence-corrected chi connectivity index (χ4v) is 2.82. The molecule has 0 radical (unpaired) electrons. The topological polar surface area (TPSA) is 110 Å². The van der Waals surface area contributed by atoms with Gasteiger partial charge in [0.2, 0.25) is 0 Å². The zero-order valence-electron chi connectivity index (χ0n) is 12.8. The van der Waals surface area contributed by atoms with E-state index < -0.39 is 28.6 Å². The molecule has 1 amide bonds. The molecule has 24 heavy (non-hydrogen) atoms. The lowest BCUT2D eigenvalue weighted by molar-refractivity contribution is -0.384. The van der Waals surface area contributed by atoms with Gasteiger partial charge in [0.1, 0.15) is 0 Å². The Balaban J connectivity index is 1.95. The maximum atomic E-state index is 12.5. The molecule has 1 aliphatic heterocycles. The first kappa shape index (κ1) is 15.8. The summed E-state index contributed by atoms with van der Waals surface area (Å²) >= 11 is 0. The van der Waals surface area contributed by atoms with Crippen LogP contribution in [0.4, 0.5) is 11.4 Å². The number of nitro benzene ring substituents is 1. The summed E-state index contributed by atoms with van der Waals surface area (Å²) in [5.74, 6) is -1.23. The molecule has 0 unspecified atom stereocenters. The van der Waals surface area contributed by atoms with Gasteiger partial charge >= 0.3 is 0 Å². The van der Waals surface area contributed by atoms with Crippen molar-refractivity contribution in [1.82, 2.24) is 0 Å². The third kappa shape index (κ3) is 2.44. The molecule has 1 atom stereocenters. The number of carbonyl (C=O) groups excluding carboxylic acids is 2. The number of nitrogens with one attached hydrogen (secondary N) is 1. The molecule has 7 nitrogen and oxygen atoms in total. The fraction of sp³-hybridized carbons (Fsp3) is 0.176. The van der Waals surface area contributed by atoms with Crippen LogP contribution in [0.5, 0.6) is 0 Å². The third-order valence-corrected chi connectivity index (χ3v) is 4.13.